The third kappa shape index (κ3) is 5.29. The van der Waals surface area contributed by atoms with E-state index in [1.807, 2.05) is 0 Å². The van der Waals surface area contributed by atoms with Gasteiger partial charge < -0.3 is 33.8 Å². The summed E-state index contributed by atoms with van der Waals surface area (Å²) in [5.74, 6) is 0. The van der Waals surface area contributed by atoms with Crippen molar-refractivity contribution in [2.45, 2.75) is 11.4 Å². The highest BCUT2D eigenvalue weighted by Crippen LogP contribution is 2.45. The van der Waals surface area contributed by atoms with Gasteiger partial charge in [0, 0.05) is 18.1 Å². The van der Waals surface area contributed by atoms with Crippen LogP contribution in [0.2, 0.25) is 0 Å². The highest BCUT2D eigenvalue weighted by Gasteiger charge is 2.40. The number of hydrogen-bond acceptors (Lipinski definition) is 3. The molecule has 0 aliphatic heterocycles. The summed E-state index contributed by atoms with van der Waals surface area (Å²) in [7, 11) is -8.05. The van der Waals surface area contributed by atoms with Crippen LogP contribution in [0, 0.1) is 0 Å². The number of hydrogen-bond donors (Lipinski definition) is 3. The van der Waals surface area contributed by atoms with E-state index >= 15 is 0 Å². The van der Waals surface area contributed by atoms with Gasteiger partial charge >= 0.3 is 7.60 Å². The van der Waals surface area contributed by atoms with Gasteiger partial charge in [0.15, 0.2) is 17.4 Å². The van der Waals surface area contributed by atoms with Crippen LogP contribution in [0.15, 0.2) is 24.5 Å². The number of pyridine rings is 1. The Balaban J connectivity index is 0.00000289. The van der Waals surface area contributed by atoms with Crippen LogP contribution in [0.4, 0.5) is 0 Å². The van der Waals surface area contributed by atoms with E-state index < -0.39 is 29.1 Å². The Bertz CT molecular complexity index is 556. The molecule has 0 radical (unpaired) electrons. The van der Waals surface area contributed by atoms with Crippen LogP contribution in [0.5, 0.6) is 0 Å². The Hall–Kier alpha value is -0.0600. The lowest BCUT2D eigenvalue weighted by Crippen LogP contribution is -3.00. The van der Waals surface area contributed by atoms with Crippen molar-refractivity contribution in [1.29, 1.82) is 0 Å². The highest BCUT2D eigenvalue weighted by atomic mass is 127. The first-order valence-electron chi connectivity index (χ1n) is 4.56. The lowest BCUT2D eigenvalue weighted by atomic mass is 10.2. The minimum Gasteiger partial charge on any atom is -1.00 e. The smallest absolute Gasteiger partial charge is 0.346 e. The number of rotatable bonds is 4. The third-order valence-electron chi connectivity index (χ3n) is 2.13. The van der Waals surface area contributed by atoms with Gasteiger partial charge in [-0.2, -0.15) is 8.42 Å². The second kappa shape index (κ2) is 6.40. The zero-order valence-electron chi connectivity index (χ0n) is 9.34. The molecule has 1 unspecified atom stereocenters. The fraction of sp³-hybridized carbons (Fsp3) is 0.375. The van der Waals surface area contributed by atoms with E-state index in [4.69, 9.17) is 14.3 Å². The van der Waals surface area contributed by atoms with Gasteiger partial charge in [-0.25, -0.2) is 4.57 Å². The lowest BCUT2D eigenvalue weighted by Gasteiger charge is -2.14. The first-order chi connectivity index (χ1) is 7.60. The molecule has 0 aliphatic rings. The molecular weight excluding hydrogens is 396 g/mol. The van der Waals surface area contributed by atoms with Gasteiger partial charge in [0.1, 0.15) is 7.05 Å². The largest absolute Gasteiger partial charge is 1.00 e. The monoisotopic (exact) mass is 409 g/mol. The van der Waals surface area contributed by atoms with E-state index in [1.54, 1.807) is 23.9 Å². The van der Waals surface area contributed by atoms with Crippen molar-refractivity contribution in [1.82, 2.24) is 0 Å². The van der Waals surface area contributed by atoms with E-state index in [9.17, 15) is 13.0 Å². The summed E-state index contributed by atoms with van der Waals surface area (Å²) in [4.78, 5) is 15.7. The third-order valence-corrected chi connectivity index (χ3v) is 5.54. The molecule has 3 N–H and O–H groups in total. The predicted octanol–water partition coefficient (Wildman–Crippen LogP) is -3.55. The maximum atomic E-state index is 11.0. The van der Waals surface area contributed by atoms with Crippen LogP contribution >= 0.6 is 7.60 Å². The molecule has 0 aliphatic carbocycles. The number of aryl methyl sites for hydroxylation is 1. The second-order valence-electron chi connectivity index (χ2n) is 3.64. The molecule has 0 fully saturated rings. The first kappa shape index (κ1) is 17.9. The second-order valence-corrected chi connectivity index (χ2v) is 7.39. The zero-order valence-corrected chi connectivity index (χ0v) is 13.2. The molecule has 0 saturated carbocycles. The molecule has 10 heteroatoms. The quantitative estimate of drug-likeness (QED) is 0.205. The van der Waals surface area contributed by atoms with Gasteiger partial charge in [-0.15, -0.1) is 0 Å². The van der Waals surface area contributed by atoms with Crippen molar-refractivity contribution in [3.8, 4) is 0 Å². The van der Waals surface area contributed by atoms with Crippen molar-refractivity contribution in [3.05, 3.63) is 30.1 Å². The average Bonchev–Trinajstić information content (AvgIpc) is 2.10. The fourth-order valence-corrected chi connectivity index (χ4v) is 3.61. The molecule has 1 rings (SSSR count). The summed E-state index contributed by atoms with van der Waals surface area (Å²) in [5, 5.41) is 0. The van der Waals surface area contributed by atoms with Gasteiger partial charge in [-0.05, 0) is 6.07 Å². The Kier molecular flexibility index (Phi) is 6.38. The molecule has 18 heavy (non-hydrogen) atoms. The highest BCUT2D eigenvalue weighted by molar-refractivity contribution is 7.93. The molecule has 0 aromatic carbocycles. The topological polar surface area (TPSA) is 116 Å². The van der Waals surface area contributed by atoms with E-state index in [0.29, 0.717) is 5.56 Å². The van der Waals surface area contributed by atoms with Crippen molar-refractivity contribution < 1.29 is 55.9 Å². The molecule has 0 spiro atoms. The van der Waals surface area contributed by atoms with E-state index in [1.165, 1.54) is 12.3 Å². The molecule has 1 aromatic rings. The maximum absolute atomic E-state index is 11.0. The van der Waals surface area contributed by atoms with E-state index in [0.717, 1.165) is 0 Å². The van der Waals surface area contributed by atoms with E-state index in [2.05, 4.69) is 0 Å². The van der Waals surface area contributed by atoms with Gasteiger partial charge in [-0.3, -0.25) is 9.12 Å². The van der Waals surface area contributed by atoms with Gasteiger partial charge in [-0.1, -0.05) is 0 Å². The number of halogens is 1. The van der Waals surface area contributed by atoms with Crippen molar-refractivity contribution >= 4 is 17.7 Å². The Morgan fingerprint density at radius 3 is 2.39 bits per heavy atom. The minimum absolute atomic E-state index is 0. The Morgan fingerprint density at radius 2 is 2.00 bits per heavy atom. The van der Waals surface area contributed by atoms with Crippen molar-refractivity contribution in [2.75, 3.05) is 0 Å². The number of nitrogens with zero attached hydrogens (tertiary/aromatic N) is 1. The minimum atomic E-state index is -4.93. The molecule has 1 aromatic heterocycles. The van der Waals surface area contributed by atoms with Crippen molar-refractivity contribution in [3.63, 3.8) is 0 Å². The molecule has 1 heterocycles. The van der Waals surface area contributed by atoms with Gasteiger partial charge in [0.05, 0.1) is 0 Å². The summed E-state index contributed by atoms with van der Waals surface area (Å²) < 4.78 is 43.3. The summed E-state index contributed by atoms with van der Waals surface area (Å²) in [6.07, 6.45) is 2.76. The summed E-state index contributed by atoms with van der Waals surface area (Å²) in [6.45, 7) is 0. The molecule has 7 nitrogen and oxygen atoms in total. The van der Waals surface area contributed by atoms with Crippen molar-refractivity contribution in [2.24, 2.45) is 7.05 Å². The average molecular weight is 409 g/mol. The van der Waals surface area contributed by atoms with Crippen LogP contribution in [-0.4, -0.2) is 27.7 Å². The van der Waals surface area contributed by atoms with E-state index in [-0.39, 0.29) is 24.0 Å². The van der Waals surface area contributed by atoms with Gasteiger partial charge in [0.2, 0.25) is 0 Å². The van der Waals surface area contributed by atoms with Gasteiger partial charge in [0.25, 0.3) is 10.1 Å². The lowest BCUT2D eigenvalue weighted by molar-refractivity contribution is -0.671. The normalized spacial score (nSPS) is 13.8. The maximum Gasteiger partial charge on any atom is 0.346 e. The molecular formula is C8H13INO6PS. The summed E-state index contributed by atoms with van der Waals surface area (Å²) in [5.41, 5.74) is 0.404. The summed E-state index contributed by atoms with van der Waals surface area (Å²) in [6, 6.07) is 3.13. The Morgan fingerprint density at radius 1 is 1.44 bits per heavy atom. The fourth-order valence-electron chi connectivity index (χ4n) is 1.37. The first-order valence-corrected chi connectivity index (χ1v) is 7.75. The molecule has 104 valence electrons. The van der Waals surface area contributed by atoms with Crippen LogP contribution in [0.25, 0.3) is 0 Å². The standard InChI is InChI=1S/C8H12NO6PS.HI/c1-9-4-2-3-7(6-9)5-8(16(10,11)12)17(13,14)15;/h2-4,6,8H,5H2,1H3,(H2-,10,11,12,13,14,15);1H. The number of aromatic nitrogens is 1. The zero-order chi connectivity index (χ0) is 13.3. The molecule has 0 amide bonds. The molecule has 0 saturated heterocycles. The van der Waals surface area contributed by atoms with Crippen LogP contribution < -0.4 is 28.5 Å². The predicted molar refractivity (Wildman–Crippen MR) is 58.7 cm³/mol. The van der Waals surface area contributed by atoms with Crippen LogP contribution in [0.3, 0.4) is 0 Å². The SMILES string of the molecule is C[n+]1cccc(CC(P(=O)(O)O)S(=O)(=O)O)c1.[I-]. The Labute approximate surface area is 122 Å². The molecule has 1 atom stereocenters. The molecule has 0 bridgehead atoms. The summed E-state index contributed by atoms with van der Waals surface area (Å²) >= 11 is 0. The van der Waals surface area contributed by atoms with Crippen LogP contribution in [0.1, 0.15) is 5.56 Å². The van der Waals surface area contributed by atoms with Crippen LogP contribution in [-0.2, 0) is 28.2 Å².